The predicted octanol–water partition coefficient (Wildman–Crippen LogP) is 4.22. The second-order valence-electron chi connectivity index (χ2n) is 4.93. The maximum absolute atomic E-state index is 13.0. The first-order chi connectivity index (χ1) is 8.99. The van der Waals surface area contributed by atoms with Gasteiger partial charge in [-0.15, -0.1) is 0 Å². The zero-order valence-corrected chi connectivity index (χ0v) is 13.9. The van der Waals surface area contributed by atoms with Crippen molar-refractivity contribution < 1.29 is 9.18 Å². The molecule has 1 saturated heterocycles. The molecule has 0 spiro atoms. The predicted molar refractivity (Wildman–Crippen MR) is 81.1 cm³/mol. The normalized spacial score (nSPS) is 18.4. The monoisotopic (exact) mass is 391 g/mol. The highest BCUT2D eigenvalue weighted by Crippen LogP contribution is 2.27. The Morgan fingerprint density at radius 1 is 1.42 bits per heavy atom. The van der Waals surface area contributed by atoms with E-state index in [1.165, 1.54) is 12.1 Å². The van der Waals surface area contributed by atoms with Crippen molar-refractivity contribution >= 4 is 37.8 Å². The number of nitrogens with zero attached hydrogens (tertiary/aromatic N) is 1. The molecule has 1 aliphatic rings. The summed E-state index contributed by atoms with van der Waals surface area (Å²) in [5.74, 6) is 0.267. The number of hydrogen-bond acceptors (Lipinski definition) is 1. The molecule has 1 aromatic rings. The van der Waals surface area contributed by atoms with Crippen LogP contribution in [0.25, 0.3) is 0 Å². The third kappa shape index (κ3) is 3.57. The van der Waals surface area contributed by atoms with Gasteiger partial charge in [0.2, 0.25) is 0 Å². The van der Waals surface area contributed by atoms with Crippen LogP contribution in [0.4, 0.5) is 4.39 Å². The molecule has 0 aromatic heterocycles. The van der Waals surface area contributed by atoms with Crippen LogP contribution in [0.1, 0.15) is 30.1 Å². The molecular weight excluding hydrogens is 377 g/mol. The molecular formula is C14H16Br2FNO. The molecule has 104 valence electrons. The molecule has 1 amide bonds. The Hall–Kier alpha value is -0.420. The van der Waals surface area contributed by atoms with Crippen LogP contribution in [-0.4, -0.2) is 28.7 Å². The topological polar surface area (TPSA) is 20.3 Å². The van der Waals surface area contributed by atoms with Gasteiger partial charge in [-0.3, -0.25) is 4.79 Å². The van der Waals surface area contributed by atoms with Gasteiger partial charge in [0.25, 0.3) is 5.91 Å². The molecule has 0 aliphatic carbocycles. The van der Waals surface area contributed by atoms with Crippen LogP contribution in [0.15, 0.2) is 22.7 Å². The highest BCUT2D eigenvalue weighted by atomic mass is 79.9. The highest BCUT2D eigenvalue weighted by molar-refractivity contribution is 9.10. The highest BCUT2D eigenvalue weighted by Gasteiger charge is 2.26. The molecule has 19 heavy (non-hydrogen) atoms. The van der Waals surface area contributed by atoms with Gasteiger partial charge in [-0.1, -0.05) is 22.9 Å². The zero-order chi connectivity index (χ0) is 14.0. The van der Waals surface area contributed by atoms with E-state index in [0.29, 0.717) is 20.8 Å². The molecule has 1 atom stereocenters. The van der Waals surface area contributed by atoms with E-state index in [9.17, 15) is 9.18 Å². The minimum absolute atomic E-state index is 0.0208. The number of halogens is 3. The lowest BCUT2D eigenvalue weighted by molar-refractivity contribution is 0.0690. The molecule has 0 bridgehead atoms. The quantitative estimate of drug-likeness (QED) is 0.690. The summed E-state index contributed by atoms with van der Waals surface area (Å²) in [5.41, 5.74) is 0.534. The van der Waals surface area contributed by atoms with Crippen molar-refractivity contribution in [3.05, 3.63) is 34.1 Å². The van der Waals surface area contributed by atoms with Gasteiger partial charge >= 0.3 is 0 Å². The van der Waals surface area contributed by atoms with Crippen LogP contribution in [-0.2, 0) is 0 Å². The van der Waals surface area contributed by atoms with Gasteiger partial charge in [-0.05, 0) is 52.9 Å². The van der Waals surface area contributed by atoms with E-state index in [1.807, 2.05) is 4.90 Å². The van der Waals surface area contributed by atoms with Crippen molar-refractivity contribution in [2.45, 2.75) is 24.6 Å². The summed E-state index contributed by atoms with van der Waals surface area (Å²) >= 11 is 6.86. The number of likely N-dealkylation sites (tertiary alicyclic amines) is 1. The number of carbonyl (C=O) groups excluding carboxylic acids is 1. The molecule has 1 unspecified atom stereocenters. The van der Waals surface area contributed by atoms with Gasteiger partial charge in [0.1, 0.15) is 5.82 Å². The summed E-state index contributed by atoms with van der Waals surface area (Å²) in [6.07, 6.45) is 2.02. The van der Waals surface area contributed by atoms with Gasteiger partial charge in [0.05, 0.1) is 5.56 Å². The van der Waals surface area contributed by atoms with Crippen molar-refractivity contribution in [3.63, 3.8) is 0 Å². The van der Waals surface area contributed by atoms with Crippen molar-refractivity contribution in [3.8, 4) is 0 Å². The van der Waals surface area contributed by atoms with Crippen molar-refractivity contribution in [2.75, 3.05) is 13.1 Å². The molecule has 1 aromatic carbocycles. The van der Waals surface area contributed by atoms with E-state index < -0.39 is 0 Å². The Labute approximate surface area is 129 Å². The Morgan fingerprint density at radius 3 is 2.58 bits per heavy atom. The summed E-state index contributed by atoms with van der Waals surface area (Å²) in [5, 5.41) is 0. The van der Waals surface area contributed by atoms with Gasteiger partial charge in [0, 0.05) is 22.4 Å². The molecule has 0 radical (unpaired) electrons. The maximum Gasteiger partial charge on any atom is 0.255 e. The second-order valence-corrected chi connectivity index (χ2v) is 7.23. The fourth-order valence-electron chi connectivity index (χ4n) is 2.40. The van der Waals surface area contributed by atoms with Gasteiger partial charge in [-0.25, -0.2) is 4.39 Å². The molecule has 1 fully saturated rings. The fourth-order valence-corrected chi connectivity index (χ4v) is 3.44. The van der Waals surface area contributed by atoms with Gasteiger partial charge in [0.15, 0.2) is 0 Å². The number of amides is 1. The van der Waals surface area contributed by atoms with Crippen LogP contribution >= 0.6 is 31.9 Å². The lowest BCUT2D eigenvalue weighted by Gasteiger charge is -2.33. The van der Waals surface area contributed by atoms with E-state index in [4.69, 9.17) is 0 Å². The zero-order valence-electron chi connectivity index (χ0n) is 10.7. The molecule has 1 aliphatic heterocycles. The van der Waals surface area contributed by atoms with Gasteiger partial charge in [-0.2, -0.15) is 0 Å². The van der Waals surface area contributed by atoms with E-state index in [1.54, 1.807) is 6.07 Å². The van der Waals surface area contributed by atoms with E-state index >= 15 is 0 Å². The lowest BCUT2D eigenvalue weighted by atomic mass is 9.94. The standard InChI is InChI=1S/C14H16Br2FNO/c1-9(15)10-4-6-18(7-5-10)14(19)12-3-2-11(17)8-13(12)16/h2-3,8-10H,4-7H2,1H3. The summed E-state index contributed by atoms with van der Waals surface area (Å²) < 4.78 is 13.6. The van der Waals surface area contributed by atoms with Crippen LogP contribution < -0.4 is 0 Å². The summed E-state index contributed by atoms with van der Waals surface area (Å²) in [6.45, 7) is 3.69. The Kier molecular flexibility index (Phi) is 5.01. The van der Waals surface area contributed by atoms with E-state index in [2.05, 4.69) is 38.8 Å². The summed E-state index contributed by atoms with van der Waals surface area (Å²) in [4.78, 5) is 14.7. The van der Waals surface area contributed by atoms with Crippen LogP contribution in [0.3, 0.4) is 0 Å². The molecule has 5 heteroatoms. The number of carbonyl (C=O) groups is 1. The van der Waals surface area contributed by atoms with Gasteiger partial charge < -0.3 is 4.90 Å². The number of piperidine rings is 1. The maximum atomic E-state index is 13.0. The fraction of sp³-hybridized carbons (Fsp3) is 0.500. The van der Waals surface area contributed by atoms with E-state index in [-0.39, 0.29) is 11.7 Å². The average molecular weight is 393 g/mol. The minimum Gasteiger partial charge on any atom is -0.339 e. The Morgan fingerprint density at radius 2 is 2.05 bits per heavy atom. The summed E-state index contributed by atoms with van der Waals surface area (Å²) in [7, 11) is 0. The largest absolute Gasteiger partial charge is 0.339 e. The van der Waals surface area contributed by atoms with Crippen LogP contribution in [0.2, 0.25) is 0 Å². The third-order valence-electron chi connectivity index (χ3n) is 3.64. The minimum atomic E-state index is -0.338. The Balaban J connectivity index is 2.05. The molecule has 1 heterocycles. The van der Waals surface area contributed by atoms with Crippen molar-refractivity contribution in [1.29, 1.82) is 0 Å². The third-order valence-corrected chi connectivity index (χ3v) is 5.04. The summed E-state index contributed by atoms with van der Waals surface area (Å²) in [6, 6.07) is 4.20. The average Bonchev–Trinajstić information content (AvgIpc) is 2.38. The molecule has 0 saturated carbocycles. The van der Waals surface area contributed by atoms with Crippen molar-refractivity contribution in [2.24, 2.45) is 5.92 Å². The smallest absolute Gasteiger partial charge is 0.255 e. The lowest BCUT2D eigenvalue weighted by Crippen LogP contribution is -2.40. The molecule has 2 rings (SSSR count). The Bertz CT molecular complexity index is 471. The first-order valence-corrected chi connectivity index (χ1v) is 8.08. The van der Waals surface area contributed by atoms with Crippen LogP contribution in [0, 0.1) is 11.7 Å². The second kappa shape index (κ2) is 6.35. The van der Waals surface area contributed by atoms with Crippen molar-refractivity contribution in [1.82, 2.24) is 4.90 Å². The SMILES string of the molecule is CC(Br)C1CCN(C(=O)c2ccc(F)cc2Br)CC1. The van der Waals surface area contributed by atoms with E-state index in [0.717, 1.165) is 25.9 Å². The van der Waals surface area contributed by atoms with Crippen LogP contribution in [0.5, 0.6) is 0 Å². The number of hydrogen-bond donors (Lipinski definition) is 0. The molecule has 2 nitrogen and oxygen atoms in total. The number of alkyl halides is 1. The molecule has 0 N–H and O–H groups in total. The number of benzene rings is 1. The first-order valence-electron chi connectivity index (χ1n) is 6.37. The number of rotatable bonds is 2. The first kappa shape index (κ1) is 15.0.